The fourth-order valence-corrected chi connectivity index (χ4v) is 5.67. The van der Waals surface area contributed by atoms with Gasteiger partial charge in [0.05, 0.1) is 6.10 Å². The molecule has 6 nitrogen and oxygen atoms in total. The molecule has 0 amide bonds. The summed E-state index contributed by atoms with van der Waals surface area (Å²) in [6.07, 6.45) is 9.82. The molecule has 5 atom stereocenters. The Morgan fingerprint density at radius 1 is 1.00 bits per heavy atom. The fraction of sp³-hybridized carbons (Fsp3) is 0.423. The highest BCUT2D eigenvalue weighted by Crippen LogP contribution is 2.39. The van der Waals surface area contributed by atoms with Gasteiger partial charge in [-0.05, 0) is 73.9 Å². The Kier molecular flexibility index (Phi) is 8.34. The predicted molar refractivity (Wildman–Crippen MR) is 131 cm³/mol. The summed E-state index contributed by atoms with van der Waals surface area (Å²) in [5.41, 5.74) is 0. The van der Waals surface area contributed by atoms with Crippen molar-refractivity contribution in [3.63, 3.8) is 0 Å². The molecule has 2 aliphatic rings. The van der Waals surface area contributed by atoms with Crippen LogP contribution in [0, 0.1) is 11.8 Å². The first-order valence-corrected chi connectivity index (χ1v) is 13.3. The number of carbonyl (C=O) groups is 3. The first-order valence-electron chi connectivity index (χ1n) is 11.5. The van der Waals surface area contributed by atoms with Gasteiger partial charge >= 0.3 is 17.9 Å². The van der Waals surface area contributed by atoms with E-state index in [1.54, 1.807) is 24.3 Å². The molecule has 2 aromatic rings. The van der Waals surface area contributed by atoms with E-state index in [-0.39, 0.29) is 30.0 Å². The Morgan fingerprint density at radius 3 is 2.38 bits per heavy atom. The van der Waals surface area contributed by atoms with Crippen LogP contribution in [0.3, 0.4) is 0 Å². The van der Waals surface area contributed by atoms with Crippen molar-refractivity contribution in [1.29, 1.82) is 0 Å². The second-order valence-electron chi connectivity index (χ2n) is 8.62. The van der Waals surface area contributed by atoms with Crippen molar-refractivity contribution in [3.8, 4) is 0 Å². The van der Waals surface area contributed by atoms with E-state index in [2.05, 4.69) is 12.2 Å². The van der Waals surface area contributed by atoms with Gasteiger partial charge in [0.2, 0.25) is 0 Å². The molecule has 1 aliphatic carbocycles. The van der Waals surface area contributed by atoms with Crippen molar-refractivity contribution in [2.75, 3.05) is 0 Å². The summed E-state index contributed by atoms with van der Waals surface area (Å²) in [5, 5.41) is 3.66. The van der Waals surface area contributed by atoms with Gasteiger partial charge in [0.15, 0.2) is 0 Å². The van der Waals surface area contributed by atoms with Crippen LogP contribution >= 0.6 is 22.7 Å². The Hall–Kier alpha value is -2.71. The van der Waals surface area contributed by atoms with Crippen LogP contribution in [0.2, 0.25) is 0 Å². The zero-order valence-corrected chi connectivity index (χ0v) is 20.6. The monoisotopic (exact) mass is 500 g/mol. The number of rotatable bonds is 4. The van der Waals surface area contributed by atoms with Crippen molar-refractivity contribution >= 4 is 40.6 Å². The number of allylic oxidation sites excluding steroid dienone is 2. The van der Waals surface area contributed by atoms with Crippen LogP contribution in [-0.2, 0) is 19.0 Å². The number of carbonyl (C=O) groups excluding carboxylic acids is 3. The lowest BCUT2D eigenvalue weighted by Gasteiger charge is -2.24. The predicted octanol–water partition coefficient (Wildman–Crippen LogP) is 5.81. The fourth-order valence-electron chi connectivity index (χ4n) is 4.46. The maximum atomic E-state index is 12.8. The highest BCUT2D eigenvalue weighted by atomic mass is 32.1. The summed E-state index contributed by atoms with van der Waals surface area (Å²) in [5.74, 6) is -1.31. The van der Waals surface area contributed by atoms with Gasteiger partial charge in [-0.3, -0.25) is 0 Å². The first kappa shape index (κ1) is 24.4. The number of esters is 3. The van der Waals surface area contributed by atoms with Crippen LogP contribution in [0.15, 0.2) is 59.3 Å². The quantitative estimate of drug-likeness (QED) is 0.299. The molecule has 0 N–H and O–H groups in total. The van der Waals surface area contributed by atoms with Crippen LogP contribution in [0.5, 0.6) is 0 Å². The molecule has 1 aliphatic heterocycles. The van der Waals surface area contributed by atoms with Gasteiger partial charge in [0.25, 0.3) is 0 Å². The average Bonchev–Trinajstić information content (AvgIpc) is 3.58. The summed E-state index contributed by atoms with van der Waals surface area (Å²) in [7, 11) is 0. The number of hydrogen-bond donors (Lipinski definition) is 0. The summed E-state index contributed by atoms with van der Waals surface area (Å²) < 4.78 is 17.2. The number of hydrogen-bond acceptors (Lipinski definition) is 8. The molecule has 1 saturated carbocycles. The van der Waals surface area contributed by atoms with E-state index in [0.29, 0.717) is 22.6 Å². The van der Waals surface area contributed by atoms with Gasteiger partial charge in [-0.1, -0.05) is 24.3 Å². The largest absolute Gasteiger partial charge is 0.460 e. The van der Waals surface area contributed by atoms with E-state index in [1.807, 2.05) is 23.8 Å². The molecule has 34 heavy (non-hydrogen) atoms. The minimum absolute atomic E-state index is 0.0427. The van der Waals surface area contributed by atoms with Gasteiger partial charge in [-0.15, -0.1) is 22.7 Å². The Bertz CT molecular complexity index is 1020. The number of thiophene rings is 2. The Balaban J connectivity index is 1.56. The van der Waals surface area contributed by atoms with Crippen molar-refractivity contribution in [1.82, 2.24) is 0 Å². The molecular formula is C26H28O6S2. The minimum atomic E-state index is -0.654. The third-order valence-electron chi connectivity index (χ3n) is 6.11. The maximum absolute atomic E-state index is 12.8. The van der Waals surface area contributed by atoms with Crippen LogP contribution in [0.25, 0.3) is 0 Å². The van der Waals surface area contributed by atoms with Crippen molar-refractivity contribution in [3.05, 3.63) is 69.1 Å². The molecule has 0 unspecified atom stereocenters. The third-order valence-corrected chi connectivity index (χ3v) is 7.81. The van der Waals surface area contributed by atoms with Gasteiger partial charge in [-0.2, -0.15) is 0 Å². The molecule has 0 saturated heterocycles. The summed E-state index contributed by atoms with van der Waals surface area (Å²) in [6.45, 7) is 1.88. The molecule has 180 valence electrons. The van der Waals surface area contributed by atoms with E-state index >= 15 is 0 Å². The van der Waals surface area contributed by atoms with Crippen LogP contribution in [0.1, 0.15) is 58.4 Å². The summed E-state index contributed by atoms with van der Waals surface area (Å²) in [6, 6.07) is 7.07. The van der Waals surface area contributed by atoms with E-state index in [9.17, 15) is 14.4 Å². The normalized spacial score (nSPS) is 29.4. The zero-order valence-electron chi connectivity index (χ0n) is 19.0. The number of fused-ring (bicyclic) bond motifs is 1. The molecule has 0 aromatic carbocycles. The maximum Gasteiger partial charge on any atom is 0.348 e. The van der Waals surface area contributed by atoms with Crippen molar-refractivity contribution in [2.45, 2.75) is 57.3 Å². The van der Waals surface area contributed by atoms with E-state index < -0.39 is 18.0 Å². The van der Waals surface area contributed by atoms with Crippen LogP contribution in [-0.4, -0.2) is 36.2 Å². The lowest BCUT2D eigenvalue weighted by molar-refractivity contribution is -0.142. The third kappa shape index (κ3) is 6.45. The standard InChI is InChI=1S/C26H28O6S2/c1-17-7-3-2-4-8-18-15-19(31-25(28)22-9-5-13-33-22)16-20(18)21(11-12-24(27)30-17)32-26(29)23-10-6-14-34-23/h4-6,8-14,17-21H,2-3,7,15-16H2,1H3/b8-4+,12-11+/t17-,18+,19-,20+,21+/m0/s1. The highest BCUT2D eigenvalue weighted by Gasteiger charge is 2.41. The molecule has 4 rings (SSSR count). The first-order chi connectivity index (χ1) is 16.5. The second-order valence-corrected chi connectivity index (χ2v) is 10.5. The van der Waals surface area contributed by atoms with Gasteiger partial charge in [-0.25, -0.2) is 14.4 Å². The number of ether oxygens (including phenoxy) is 3. The lowest BCUT2D eigenvalue weighted by Crippen LogP contribution is -2.28. The minimum Gasteiger partial charge on any atom is -0.460 e. The topological polar surface area (TPSA) is 78.9 Å². The molecule has 3 heterocycles. The smallest absolute Gasteiger partial charge is 0.348 e. The van der Waals surface area contributed by atoms with Crippen LogP contribution in [0.4, 0.5) is 0 Å². The molecule has 2 aromatic heterocycles. The van der Waals surface area contributed by atoms with Gasteiger partial charge < -0.3 is 14.2 Å². The van der Waals surface area contributed by atoms with Gasteiger partial charge in [0, 0.05) is 12.0 Å². The molecule has 0 spiro atoms. The SMILES string of the molecule is C[C@H]1CCC/C=C/[C@@H]2C[C@H](OC(=O)c3cccs3)C[C@H]2[C@H](OC(=O)c2cccs2)/C=C/C(=O)O1. The van der Waals surface area contributed by atoms with Crippen molar-refractivity contribution in [2.24, 2.45) is 11.8 Å². The molecule has 1 fully saturated rings. The Labute approximate surface area is 207 Å². The Morgan fingerprint density at radius 2 is 1.71 bits per heavy atom. The van der Waals surface area contributed by atoms with E-state index in [0.717, 1.165) is 19.3 Å². The average molecular weight is 501 g/mol. The highest BCUT2D eigenvalue weighted by molar-refractivity contribution is 7.12. The van der Waals surface area contributed by atoms with E-state index in [4.69, 9.17) is 14.2 Å². The van der Waals surface area contributed by atoms with Crippen molar-refractivity contribution < 1.29 is 28.6 Å². The van der Waals surface area contributed by atoms with Crippen LogP contribution < -0.4 is 0 Å². The summed E-state index contributed by atoms with van der Waals surface area (Å²) in [4.78, 5) is 38.7. The second kappa shape index (κ2) is 11.6. The molecule has 0 bridgehead atoms. The van der Waals surface area contributed by atoms with Gasteiger partial charge in [0.1, 0.15) is 22.0 Å². The summed E-state index contributed by atoms with van der Waals surface area (Å²) >= 11 is 2.65. The number of cyclic esters (lactones) is 1. The lowest BCUT2D eigenvalue weighted by atomic mass is 9.89. The van der Waals surface area contributed by atoms with E-state index in [1.165, 1.54) is 28.7 Å². The molecular weight excluding hydrogens is 472 g/mol. The molecule has 8 heteroatoms. The molecule has 0 radical (unpaired) electrons. The zero-order chi connectivity index (χ0) is 23.9.